The second-order valence-electron chi connectivity index (χ2n) is 4.03. The summed E-state index contributed by atoms with van der Waals surface area (Å²) in [5, 5.41) is 0. The zero-order valence-corrected chi connectivity index (χ0v) is 9.52. The van der Waals surface area contributed by atoms with Crippen molar-refractivity contribution in [3.8, 4) is 0 Å². The van der Waals surface area contributed by atoms with Gasteiger partial charge in [0.2, 0.25) is 0 Å². The molecule has 0 atom stereocenters. The molecule has 0 N–H and O–H groups in total. The lowest BCUT2D eigenvalue weighted by Gasteiger charge is -2.07. The van der Waals surface area contributed by atoms with Crippen LogP contribution in [0.4, 0.5) is 0 Å². The summed E-state index contributed by atoms with van der Waals surface area (Å²) in [6.45, 7) is 4.24. The highest BCUT2D eigenvalue weighted by atomic mass is 14.7. The monoisotopic (exact) mass is 211 g/mol. The summed E-state index contributed by atoms with van der Waals surface area (Å²) in [7, 11) is 0. The third-order valence-electron chi connectivity index (χ3n) is 2.82. The summed E-state index contributed by atoms with van der Waals surface area (Å²) in [5.74, 6) is 0. The van der Waals surface area contributed by atoms with Gasteiger partial charge in [-0.15, -0.1) is 0 Å². The highest BCUT2D eigenvalue weighted by Crippen LogP contribution is 2.22. The molecule has 0 fully saturated rings. The molecule has 0 heterocycles. The Morgan fingerprint density at radius 2 is 1.88 bits per heavy atom. The van der Waals surface area contributed by atoms with Crippen LogP contribution in [-0.2, 0) is 0 Å². The minimum Gasteiger partial charge on any atom is -0.296 e. The molecule has 0 radical (unpaired) electrons. The van der Waals surface area contributed by atoms with E-state index in [1.54, 1.807) is 0 Å². The molecule has 0 saturated carbocycles. The van der Waals surface area contributed by atoms with E-state index in [2.05, 4.69) is 54.2 Å². The molecule has 0 amide bonds. The predicted molar refractivity (Wildman–Crippen MR) is 70.8 cm³/mol. The maximum Gasteiger partial charge on any atom is 0.0629 e. The van der Waals surface area contributed by atoms with Crippen molar-refractivity contribution in [2.24, 2.45) is 4.99 Å². The molecule has 2 aliphatic carbocycles. The second-order valence-corrected chi connectivity index (χ2v) is 4.03. The van der Waals surface area contributed by atoms with Crippen LogP contribution in [0.5, 0.6) is 0 Å². The Balaban J connectivity index is 2.12. The standard InChI is InChI=1S/C15H17N/c1-16-12-13-6-5-9-15(11-10-13)14-7-3-2-4-8-14/h3,6-11H,1-2,4-5,12H2. The lowest BCUT2D eigenvalue weighted by Crippen LogP contribution is -1.88. The zero-order valence-electron chi connectivity index (χ0n) is 9.52. The van der Waals surface area contributed by atoms with Crippen LogP contribution < -0.4 is 0 Å². The molecule has 0 aromatic rings. The van der Waals surface area contributed by atoms with E-state index in [0.717, 1.165) is 12.8 Å². The van der Waals surface area contributed by atoms with Crippen molar-refractivity contribution < 1.29 is 0 Å². The lowest BCUT2D eigenvalue weighted by molar-refractivity contribution is 1.02. The third kappa shape index (κ3) is 2.69. The van der Waals surface area contributed by atoms with Gasteiger partial charge in [-0.25, -0.2) is 0 Å². The van der Waals surface area contributed by atoms with Gasteiger partial charge in [-0.2, -0.15) is 0 Å². The quantitative estimate of drug-likeness (QED) is 0.630. The molecule has 0 aromatic heterocycles. The van der Waals surface area contributed by atoms with Crippen LogP contribution in [-0.4, -0.2) is 13.3 Å². The molecule has 0 aromatic carbocycles. The molecule has 0 spiro atoms. The van der Waals surface area contributed by atoms with E-state index in [0.29, 0.717) is 6.54 Å². The minimum atomic E-state index is 0.715. The van der Waals surface area contributed by atoms with Crippen LogP contribution >= 0.6 is 0 Å². The van der Waals surface area contributed by atoms with Crippen molar-refractivity contribution in [3.63, 3.8) is 0 Å². The van der Waals surface area contributed by atoms with Crippen molar-refractivity contribution in [2.75, 3.05) is 6.54 Å². The first-order valence-electron chi connectivity index (χ1n) is 5.77. The number of rotatable bonds is 3. The summed E-state index contributed by atoms with van der Waals surface area (Å²) in [5.41, 5.74) is 3.93. The molecule has 2 rings (SSSR count). The summed E-state index contributed by atoms with van der Waals surface area (Å²) in [6.07, 6.45) is 18.9. The fourth-order valence-corrected chi connectivity index (χ4v) is 1.96. The Morgan fingerprint density at radius 1 is 1.00 bits per heavy atom. The van der Waals surface area contributed by atoms with Gasteiger partial charge in [0.1, 0.15) is 0 Å². The van der Waals surface area contributed by atoms with Gasteiger partial charge >= 0.3 is 0 Å². The summed E-state index contributed by atoms with van der Waals surface area (Å²) >= 11 is 0. The van der Waals surface area contributed by atoms with Crippen molar-refractivity contribution in [1.82, 2.24) is 0 Å². The van der Waals surface area contributed by atoms with E-state index in [-0.39, 0.29) is 0 Å². The van der Waals surface area contributed by atoms with Gasteiger partial charge in [-0.3, -0.25) is 4.99 Å². The normalized spacial score (nSPS) is 19.6. The second kappa shape index (κ2) is 5.45. The van der Waals surface area contributed by atoms with E-state index in [4.69, 9.17) is 0 Å². The van der Waals surface area contributed by atoms with Crippen LogP contribution in [0.15, 0.2) is 64.2 Å². The van der Waals surface area contributed by atoms with Gasteiger partial charge in [0.15, 0.2) is 0 Å². The summed E-state index contributed by atoms with van der Waals surface area (Å²) in [4.78, 5) is 3.92. The highest BCUT2D eigenvalue weighted by Gasteiger charge is 2.03. The minimum absolute atomic E-state index is 0.715. The van der Waals surface area contributed by atoms with Crippen molar-refractivity contribution in [3.05, 3.63) is 59.3 Å². The molecule has 0 bridgehead atoms. The van der Waals surface area contributed by atoms with E-state index < -0.39 is 0 Å². The van der Waals surface area contributed by atoms with Crippen LogP contribution in [0.25, 0.3) is 0 Å². The average Bonchev–Trinajstić information content (AvgIpc) is 2.57. The van der Waals surface area contributed by atoms with Gasteiger partial charge in [-0.05, 0) is 42.7 Å². The lowest BCUT2D eigenvalue weighted by atomic mass is 9.99. The SMILES string of the molecule is C=NCC1=CCC=C(C2=CCCC=C2)C=C1. The molecule has 0 saturated heterocycles. The Labute approximate surface area is 97.3 Å². The largest absolute Gasteiger partial charge is 0.296 e. The number of nitrogens with zero attached hydrogens (tertiary/aromatic N) is 1. The maximum atomic E-state index is 3.92. The Kier molecular flexibility index (Phi) is 3.71. The first kappa shape index (κ1) is 10.9. The van der Waals surface area contributed by atoms with Crippen LogP contribution in [0.2, 0.25) is 0 Å². The maximum absolute atomic E-state index is 3.92. The molecular weight excluding hydrogens is 194 g/mol. The summed E-state index contributed by atoms with van der Waals surface area (Å²) in [6, 6.07) is 0. The van der Waals surface area contributed by atoms with E-state index in [1.165, 1.54) is 23.1 Å². The first-order valence-corrected chi connectivity index (χ1v) is 5.77. The van der Waals surface area contributed by atoms with Gasteiger partial charge in [0.25, 0.3) is 0 Å². The zero-order chi connectivity index (χ0) is 11.2. The third-order valence-corrected chi connectivity index (χ3v) is 2.82. The van der Waals surface area contributed by atoms with Gasteiger partial charge in [-0.1, -0.05) is 42.5 Å². The molecule has 0 aliphatic heterocycles. The van der Waals surface area contributed by atoms with Crippen LogP contribution in [0, 0.1) is 0 Å². The molecule has 1 nitrogen and oxygen atoms in total. The molecule has 0 unspecified atom stereocenters. The smallest absolute Gasteiger partial charge is 0.0629 e. The molecule has 82 valence electrons. The predicted octanol–water partition coefficient (Wildman–Crippen LogP) is 3.78. The van der Waals surface area contributed by atoms with E-state index >= 15 is 0 Å². The van der Waals surface area contributed by atoms with Crippen molar-refractivity contribution in [2.45, 2.75) is 19.3 Å². The van der Waals surface area contributed by atoms with Crippen molar-refractivity contribution >= 4 is 6.72 Å². The van der Waals surface area contributed by atoms with Crippen LogP contribution in [0.3, 0.4) is 0 Å². The fourth-order valence-electron chi connectivity index (χ4n) is 1.96. The highest BCUT2D eigenvalue weighted by molar-refractivity contribution is 5.50. The Bertz CT molecular complexity index is 417. The van der Waals surface area contributed by atoms with Crippen LogP contribution in [0.1, 0.15) is 19.3 Å². The number of aliphatic imine (C=N–C) groups is 1. The molecule has 1 heteroatoms. The van der Waals surface area contributed by atoms with Gasteiger partial charge < -0.3 is 0 Å². The molecular formula is C15H17N. The molecule has 16 heavy (non-hydrogen) atoms. The number of hydrogen-bond acceptors (Lipinski definition) is 1. The van der Waals surface area contributed by atoms with E-state index in [1.807, 2.05) is 0 Å². The Hall–Kier alpha value is -1.63. The van der Waals surface area contributed by atoms with Gasteiger partial charge in [0, 0.05) is 0 Å². The summed E-state index contributed by atoms with van der Waals surface area (Å²) < 4.78 is 0. The van der Waals surface area contributed by atoms with Crippen molar-refractivity contribution in [1.29, 1.82) is 0 Å². The average molecular weight is 211 g/mol. The Morgan fingerprint density at radius 3 is 2.62 bits per heavy atom. The van der Waals surface area contributed by atoms with E-state index in [9.17, 15) is 0 Å². The number of allylic oxidation sites excluding steroid dienone is 8. The first-order chi connectivity index (χ1) is 7.90. The topological polar surface area (TPSA) is 12.4 Å². The fraction of sp³-hybridized carbons (Fsp3) is 0.267. The molecule has 2 aliphatic rings. The van der Waals surface area contributed by atoms with Gasteiger partial charge in [0.05, 0.1) is 6.54 Å². The number of hydrogen-bond donors (Lipinski definition) is 0.